The molecule has 0 bridgehead atoms. The average molecular weight is 395 g/mol. The maximum Gasteiger partial charge on any atom is 0.404 e. The fourth-order valence-corrected chi connectivity index (χ4v) is 1.29. The number of benzene rings is 1. The Balaban J connectivity index is 2.47. The molecule has 0 saturated carbocycles. The Morgan fingerprint density at radius 2 is 1.80 bits per heavy atom. The minimum Gasteiger partial charge on any atom is -0.492 e. The van der Waals surface area contributed by atoms with Crippen LogP contribution in [0.4, 0.5) is 13.2 Å². The van der Waals surface area contributed by atoms with E-state index in [-0.39, 0.29) is 0 Å². The van der Waals surface area contributed by atoms with Gasteiger partial charge in [-0.2, -0.15) is 13.2 Å². The van der Waals surface area contributed by atoms with Crippen LogP contribution in [0.15, 0.2) is 24.3 Å². The Morgan fingerprint density at radius 3 is 2.27 bits per heavy atom. The standard InChI is InChI=1S/C9H7BrF3IO/c10-8(9(11,12)13)5-15-7-3-1-6(14)2-4-7/h1-4,8H,5H2. The van der Waals surface area contributed by atoms with Crippen molar-refractivity contribution in [2.75, 3.05) is 6.61 Å². The molecule has 1 aromatic carbocycles. The summed E-state index contributed by atoms with van der Waals surface area (Å²) in [5, 5.41) is 0. The summed E-state index contributed by atoms with van der Waals surface area (Å²) in [5.74, 6) is 0.434. The monoisotopic (exact) mass is 394 g/mol. The summed E-state index contributed by atoms with van der Waals surface area (Å²) < 4.78 is 42.2. The van der Waals surface area contributed by atoms with Gasteiger partial charge in [-0.05, 0) is 46.9 Å². The largest absolute Gasteiger partial charge is 0.492 e. The van der Waals surface area contributed by atoms with E-state index in [0.717, 1.165) is 3.57 Å². The van der Waals surface area contributed by atoms with Crippen LogP contribution in [0.5, 0.6) is 5.75 Å². The van der Waals surface area contributed by atoms with Gasteiger partial charge in [0.2, 0.25) is 0 Å². The van der Waals surface area contributed by atoms with Crippen molar-refractivity contribution in [3.63, 3.8) is 0 Å². The summed E-state index contributed by atoms with van der Waals surface area (Å²) in [7, 11) is 0. The fourth-order valence-electron chi connectivity index (χ4n) is 0.795. The second kappa shape index (κ2) is 5.38. The zero-order valence-corrected chi connectivity index (χ0v) is 11.1. The van der Waals surface area contributed by atoms with Crippen LogP contribution in [0.25, 0.3) is 0 Å². The topological polar surface area (TPSA) is 9.23 Å². The molecule has 0 amide bonds. The first kappa shape index (κ1) is 13.1. The number of halogens is 5. The molecule has 0 aliphatic heterocycles. The van der Waals surface area contributed by atoms with Gasteiger partial charge < -0.3 is 4.74 Å². The van der Waals surface area contributed by atoms with Gasteiger partial charge in [0.05, 0.1) is 0 Å². The molecule has 0 aliphatic carbocycles. The highest BCUT2D eigenvalue weighted by Crippen LogP contribution is 2.27. The van der Waals surface area contributed by atoms with E-state index in [9.17, 15) is 13.2 Å². The van der Waals surface area contributed by atoms with Crippen molar-refractivity contribution in [2.24, 2.45) is 0 Å². The van der Waals surface area contributed by atoms with Gasteiger partial charge in [0, 0.05) is 3.57 Å². The molecule has 0 radical (unpaired) electrons. The molecule has 15 heavy (non-hydrogen) atoms. The van der Waals surface area contributed by atoms with E-state index in [1.54, 1.807) is 24.3 Å². The molecule has 0 aliphatic rings. The van der Waals surface area contributed by atoms with E-state index >= 15 is 0 Å². The van der Waals surface area contributed by atoms with Crippen molar-refractivity contribution < 1.29 is 17.9 Å². The molecule has 1 atom stereocenters. The van der Waals surface area contributed by atoms with Gasteiger partial charge in [0.25, 0.3) is 0 Å². The normalized spacial score (nSPS) is 13.7. The summed E-state index contributed by atoms with van der Waals surface area (Å²) in [5.41, 5.74) is 0. The number of hydrogen-bond acceptors (Lipinski definition) is 1. The SMILES string of the molecule is FC(F)(F)C(Br)COc1ccc(I)cc1. The van der Waals surface area contributed by atoms with Crippen molar-refractivity contribution in [1.29, 1.82) is 0 Å². The summed E-state index contributed by atoms with van der Waals surface area (Å²) in [6.07, 6.45) is -4.27. The van der Waals surface area contributed by atoms with E-state index < -0.39 is 17.6 Å². The summed E-state index contributed by atoms with van der Waals surface area (Å²) in [4.78, 5) is -1.63. The predicted octanol–water partition coefficient (Wildman–Crippen LogP) is 4.00. The third-order valence-electron chi connectivity index (χ3n) is 1.57. The highest BCUT2D eigenvalue weighted by Gasteiger charge is 2.38. The lowest BCUT2D eigenvalue weighted by molar-refractivity contribution is -0.132. The molecule has 84 valence electrons. The first-order chi connectivity index (χ1) is 6.89. The Morgan fingerprint density at radius 1 is 1.27 bits per heavy atom. The minimum absolute atomic E-state index is 0.426. The van der Waals surface area contributed by atoms with Crippen LogP contribution in [-0.2, 0) is 0 Å². The van der Waals surface area contributed by atoms with E-state index in [2.05, 4.69) is 38.5 Å². The molecule has 1 nitrogen and oxygen atoms in total. The van der Waals surface area contributed by atoms with E-state index in [0.29, 0.717) is 5.75 Å². The maximum atomic E-state index is 12.1. The van der Waals surface area contributed by atoms with Gasteiger partial charge in [-0.3, -0.25) is 0 Å². The molecule has 0 saturated heterocycles. The van der Waals surface area contributed by atoms with E-state index in [1.807, 2.05) is 0 Å². The molecule has 0 fully saturated rings. The number of hydrogen-bond donors (Lipinski definition) is 0. The Kier molecular flexibility index (Phi) is 4.69. The smallest absolute Gasteiger partial charge is 0.404 e. The number of ether oxygens (including phenoxy) is 1. The molecular weight excluding hydrogens is 388 g/mol. The first-order valence-electron chi connectivity index (χ1n) is 3.99. The van der Waals surface area contributed by atoms with Crippen molar-refractivity contribution >= 4 is 38.5 Å². The number of rotatable bonds is 3. The lowest BCUT2D eigenvalue weighted by atomic mass is 10.3. The van der Waals surface area contributed by atoms with Crippen LogP contribution in [-0.4, -0.2) is 17.6 Å². The van der Waals surface area contributed by atoms with Gasteiger partial charge in [0.1, 0.15) is 17.2 Å². The van der Waals surface area contributed by atoms with Crippen LogP contribution >= 0.6 is 38.5 Å². The molecule has 1 unspecified atom stereocenters. The molecule has 0 aromatic heterocycles. The molecular formula is C9H7BrF3IO. The van der Waals surface area contributed by atoms with Crippen LogP contribution in [0.1, 0.15) is 0 Å². The second-order valence-corrected chi connectivity index (χ2v) is 5.13. The maximum absolute atomic E-state index is 12.1. The summed E-state index contributed by atoms with van der Waals surface area (Å²) >= 11 is 4.63. The minimum atomic E-state index is -4.27. The van der Waals surface area contributed by atoms with Crippen LogP contribution in [0, 0.1) is 3.57 Å². The van der Waals surface area contributed by atoms with Crippen molar-refractivity contribution in [2.45, 2.75) is 11.0 Å². The quantitative estimate of drug-likeness (QED) is 0.556. The van der Waals surface area contributed by atoms with Gasteiger partial charge in [0.15, 0.2) is 0 Å². The van der Waals surface area contributed by atoms with Gasteiger partial charge >= 0.3 is 6.18 Å². The van der Waals surface area contributed by atoms with E-state index in [4.69, 9.17) is 4.74 Å². The van der Waals surface area contributed by atoms with Crippen LogP contribution in [0.2, 0.25) is 0 Å². The van der Waals surface area contributed by atoms with Crippen molar-refractivity contribution in [3.05, 3.63) is 27.8 Å². The van der Waals surface area contributed by atoms with Gasteiger partial charge in [-0.15, -0.1) is 0 Å². The molecule has 1 aromatic rings. The third kappa shape index (κ3) is 4.58. The molecule has 1 rings (SSSR count). The molecule has 6 heteroatoms. The average Bonchev–Trinajstić information content (AvgIpc) is 2.15. The van der Waals surface area contributed by atoms with E-state index in [1.165, 1.54) is 0 Å². The Labute approximate surface area is 107 Å². The first-order valence-corrected chi connectivity index (χ1v) is 5.98. The molecule has 0 N–H and O–H groups in total. The Bertz CT molecular complexity index is 312. The van der Waals surface area contributed by atoms with Crippen molar-refractivity contribution in [1.82, 2.24) is 0 Å². The fraction of sp³-hybridized carbons (Fsp3) is 0.333. The highest BCUT2D eigenvalue weighted by molar-refractivity contribution is 14.1. The van der Waals surface area contributed by atoms with Crippen LogP contribution in [0.3, 0.4) is 0 Å². The Hall–Kier alpha value is 0.0200. The zero-order valence-electron chi connectivity index (χ0n) is 7.39. The lowest BCUT2D eigenvalue weighted by Gasteiger charge is -2.14. The predicted molar refractivity (Wildman–Crippen MR) is 63.4 cm³/mol. The lowest BCUT2D eigenvalue weighted by Crippen LogP contribution is -2.28. The number of alkyl halides is 4. The molecule has 0 heterocycles. The van der Waals surface area contributed by atoms with Gasteiger partial charge in [-0.25, -0.2) is 0 Å². The summed E-state index contributed by atoms with van der Waals surface area (Å²) in [6.45, 7) is -0.426. The zero-order chi connectivity index (χ0) is 11.5. The van der Waals surface area contributed by atoms with Crippen LogP contribution < -0.4 is 4.74 Å². The highest BCUT2D eigenvalue weighted by atomic mass is 127. The summed E-state index contributed by atoms with van der Waals surface area (Å²) in [6, 6.07) is 6.81. The van der Waals surface area contributed by atoms with Gasteiger partial charge in [-0.1, -0.05) is 15.9 Å². The third-order valence-corrected chi connectivity index (χ3v) is 3.07. The molecule has 0 spiro atoms. The van der Waals surface area contributed by atoms with Crippen molar-refractivity contribution in [3.8, 4) is 5.75 Å². The second-order valence-electron chi connectivity index (χ2n) is 2.77.